The standard InChI is InChI=1S/C42H47N3/c1-28(2)32-20-16-21-33(29(3)4)40(32)45-37-25-15-14-24-36(37)44(9)41(45)38-26-17-27-39(43(38)8)42(7,34-22-12-10-18-30(34)5)35-23-13-11-19-31(35)6/h10-29H,1-9H3/q+2. The molecule has 2 heterocycles. The normalized spacial score (nSPS) is 12.1. The molecule has 0 bridgehead atoms. The van der Waals surface area contributed by atoms with E-state index in [1.54, 1.807) is 0 Å². The monoisotopic (exact) mass is 593 g/mol. The van der Waals surface area contributed by atoms with Crippen molar-refractivity contribution >= 4 is 11.0 Å². The van der Waals surface area contributed by atoms with Crippen molar-refractivity contribution in [2.45, 2.75) is 65.7 Å². The first kappa shape index (κ1) is 30.5. The second-order valence-electron chi connectivity index (χ2n) is 13.4. The van der Waals surface area contributed by atoms with E-state index in [2.05, 4.69) is 185 Å². The number of pyridine rings is 1. The predicted molar refractivity (Wildman–Crippen MR) is 187 cm³/mol. The topological polar surface area (TPSA) is 12.7 Å². The van der Waals surface area contributed by atoms with Gasteiger partial charge in [-0.3, -0.25) is 0 Å². The Morgan fingerprint density at radius 1 is 0.578 bits per heavy atom. The van der Waals surface area contributed by atoms with Gasteiger partial charge in [-0.1, -0.05) is 107 Å². The Kier molecular flexibility index (Phi) is 7.99. The number of hydrogen-bond donors (Lipinski definition) is 0. The molecule has 0 fully saturated rings. The molecular formula is C42H47N3+2. The van der Waals surface area contributed by atoms with Gasteiger partial charge in [-0.25, -0.2) is 4.57 Å². The van der Waals surface area contributed by atoms with Gasteiger partial charge in [-0.2, -0.15) is 9.13 Å². The Balaban J connectivity index is 1.74. The van der Waals surface area contributed by atoms with Gasteiger partial charge in [0.1, 0.15) is 18.2 Å². The minimum Gasteiger partial charge on any atom is -0.220 e. The number of hydrogen-bond acceptors (Lipinski definition) is 0. The van der Waals surface area contributed by atoms with Crippen LogP contribution in [0.1, 0.15) is 85.5 Å². The van der Waals surface area contributed by atoms with Crippen molar-refractivity contribution in [2.24, 2.45) is 14.1 Å². The molecule has 6 aromatic rings. The molecule has 0 aliphatic rings. The molecule has 0 amide bonds. The van der Waals surface area contributed by atoms with Crippen molar-refractivity contribution in [3.63, 3.8) is 0 Å². The second kappa shape index (κ2) is 11.8. The molecule has 228 valence electrons. The highest BCUT2D eigenvalue weighted by Gasteiger charge is 2.43. The van der Waals surface area contributed by atoms with E-state index in [9.17, 15) is 0 Å². The zero-order valence-corrected chi connectivity index (χ0v) is 28.4. The summed E-state index contributed by atoms with van der Waals surface area (Å²) in [5.41, 5.74) is 13.8. The first-order valence-electron chi connectivity index (χ1n) is 16.3. The summed E-state index contributed by atoms with van der Waals surface area (Å²) in [6.07, 6.45) is 0. The summed E-state index contributed by atoms with van der Waals surface area (Å²) in [6, 6.07) is 40.3. The second-order valence-corrected chi connectivity index (χ2v) is 13.4. The molecular weight excluding hydrogens is 546 g/mol. The van der Waals surface area contributed by atoms with Gasteiger partial charge >= 0.3 is 5.82 Å². The number of nitrogens with zero attached hydrogens (tertiary/aromatic N) is 3. The summed E-state index contributed by atoms with van der Waals surface area (Å²) in [7, 11) is 4.47. The minimum atomic E-state index is -0.379. The van der Waals surface area contributed by atoms with E-state index < -0.39 is 0 Å². The van der Waals surface area contributed by atoms with E-state index >= 15 is 0 Å². The molecule has 2 aromatic heterocycles. The van der Waals surface area contributed by atoms with Crippen molar-refractivity contribution in [3.05, 3.63) is 148 Å². The van der Waals surface area contributed by atoms with Crippen LogP contribution in [0.5, 0.6) is 0 Å². The molecule has 3 nitrogen and oxygen atoms in total. The van der Waals surface area contributed by atoms with Gasteiger partial charge in [0.25, 0.3) is 5.69 Å². The third-order valence-electron chi connectivity index (χ3n) is 9.92. The van der Waals surface area contributed by atoms with Gasteiger partial charge in [0.2, 0.25) is 0 Å². The molecule has 3 heteroatoms. The quantitative estimate of drug-likeness (QED) is 0.164. The van der Waals surface area contributed by atoms with Crippen LogP contribution in [0, 0.1) is 13.8 Å². The molecule has 0 N–H and O–H groups in total. The summed E-state index contributed by atoms with van der Waals surface area (Å²) >= 11 is 0. The lowest BCUT2D eigenvalue weighted by atomic mass is 9.70. The number of para-hydroxylation sites is 3. The smallest absolute Gasteiger partial charge is 0.220 e. The Morgan fingerprint density at radius 2 is 1.09 bits per heavy atom. The summed E-state index contributed by atoms with van der Waals surface area (Å²) in [6.45, 7) is 16.1. The van der Waals surface area contributed by atoms with Crippen LogP contribution >= 0.6 is 0 Å². The van der Waals surface area contributed by atoms with Crippen molar-refractivity contribution < 1.29 is 9.13 Å². The summed E-state index contributed by atoms with van der Waals surface area (Å²) in [4.78, 5) is 0. The van der Waals surface area contributed by atoms with Gasteiger partial charge in [0, 0.05) is 23.3 Å². The first-order valence-corrected chi connectivity index (χ1v) is 16.3. The van der Waals surface area contributed by atoms with Crippen LogP contribution in [0.3, 0.4) is 0 Å². The van der Waals surface area contributed by atoms with Gasteiger partial charge in [-0.05, 0) is 73.1 Å². The van der Waals surface area contributed by atoms with Gasteiger partial charge in [-0.15, -0.1) is 0 Å². The number of benzene rings is 4. The van der Waals surface area contributed by atoms with E-state index in [-0.39, 0.29) is 5.41 Å². The average Bonchev–Trinajstić information content (AvgIpc) is 3.32. The lowest BCUT2D eigenvalue weighted by Crippen LogP contribution is -2.47. The largest absolute Gasteiger partial charge is 0.360 e. The van der Waals surface area contributed by atoms with Gasteiger partial charge in [0.05, 0.1) is 7.05 Å². The van der Waals surface area contributed by atoms with E-state index in [1.807, 2.05) is 0 Å². The lowest BCUT2D eigenvalue weighted by Gasteiger charge is -2.31. The van der Waals surface area contributed by atoms with Crippen LogP contribution in [-0.2, 0) is 19.5 Å². The third-order valence-corrected chi connectivity index (χ3v) is 9.92. The molecule has 0 unspecified atom stereocenters. The van der Waals surface area contributed by atoms with Crippen LogP contribution in [-0.4, -0.2) is 4.57 Å². The van der Waals surface area contributed by atoms with Crippen molar-refractivity contribution in [2.75, 3.05) is 0 Å². The zero-order valence-electron chi connectivity index (χ0n) is 28.4. The number of aryl methyl sites for hydroxylation is 3. The fourth-order valence-electron chi connectivity index (χ4n) is 7.60. The molecule has 0 saturated heterocycles. The van der Waals surface area contributed by atoms with E-state index in [1.165, 1.54) is 67.3 Å². The third kappa shape index (κ3) is 4.90. The fraction of sp³-hybridized carbons (Fsp3) is 0.286. The van der Waals surface area contributed by atoms with Gasteiger partial charge < -0.3 is 0 Å². The van der Waals surface area contributed by atoms with Crippen molar-refractivity contribution in [3.8, 4) is 17.2 Å². The molecule has 0 radical (unpaired) electrons. The van der Waals surface area contributed by atoms with E-state index in [0.717, 1.165) is 0 Å². The number of aromatic nitrogens is 3. The lowest BCUT2D eigenvalue weighted by molar-refractivity contribution is -0.687. The maximum absolute atomic E-state index is 2.54. The van der Waals surface area contributed by atoms with Crippen molar-refractivity contribution in [1.29, 1.82) is 0 Å². The van der Waals surface area contributed by atoms with E-state index in [4.69, 9.17) is 0 Å². The summed E-state index contributed by atoms with van der Waals surface area (Å²) in [5.74, 6) is 1.93. The first-order chi connectivity index (χ1) is 21.6. The number of fused-ring (bicyclic) bond motifs is 1. The fourth-order valence-corrected chi connectivity index (χ4v) is 7.60. The number of rotatable bonds is 7. The molecule has 0 saturated carbocycles. The zero-order chi connectivity index (χ0) is 32.0. The summed E-state index contributed by atoms with van der Waals surface area (Å²) in [5, 5.41) is 0. The molecule has 6 rings (SSSR count). The van der Waals surface area contributed by atoms with Gasteiger partial charge in [0.15, 0.2) is 16.7 Å². The van der Waals surface area contributed by atoms with E-state index in [0.29, 0.717) is 11.8 Å². The molecule has 4 aromatic carbocycles. The highest BCUT2D eigenvalue weighted by atomic mass is 15.2. The van der Waals surface area contributed by atoms with Crippen LogP contribution in [0.4, 0.5) is 0 Å². The average molecular weight is 594 g/mol. The highest BCUT2D eigenvalue weighted by molar-refractivity contribution is 5.79. The van der Waals surface area contributed by atoms with Crippen LogP contribution in [0.15, 0.2) is 109 Å². The maximum atomic E-state index is 2.54. The SMILES string of the molecule is Cc1ccccc1C(C)(c1ccccc1C)c1cccc(-c2n(-c3c(C(C)C)cccc3C(C)C)c3ccccc3[n+]2C)[n+]1C. The molecule has 0 aliphatic heterocycles. The molecule has 0 atom stereocenters. The Labute approximate surface area is 269 Å². The van der Waals surface area contributed by atoms with Crippen LogP contribution in [0.25, 0.3) is 28.2 Å². The Morgan fingerprint density at radius 3 is 1.64 bits per heavy atom. The maximum Gasteiger partial charge on any atom is 0.360 e. The Bertz CT molecular complexity index is 1950. The van der Waals surface area contributed by atoms with Crippen molar-refractivity contribution in [1.82, 2.24) is 4.57 Å². The van der Waals surface area contributed by atoms with Crippen LogP contribution < -0.4 is 9.13 Å². The predicted octanol–water partition coefficient (Wildman–Crippen LogP) is 9.16. The minimum absolute atomic E-state index is 0.378. The Hall–Kier alpha value is -4.50. The molecule has 0 spiro atoms. The van der Waals surface area contributed by atoms with Crippen LogP contribution in [0.2, 0.25) is 0 Å². The number of imidazole rings is 1. The summed E-state index contributed by atoms with van der Waals surface area (Å²) < 4.78 is 7.36. The molecule has 45 heavy (non-hydrogen) atoms. The highest BCUT2D eigenvalue weighted by Crippen LogP contribution is 2.41. The molecule has 0 aliphatic carbocycles.